The smallest absolute Gasteiger partial charge is 0.244 e. The lowest BCUT2D eigenvalue weighted by Gasteiger charge is -2.29. The average molecular weight is 351 g/mol. The molecule has 0 radical (unpaired) electrons. The molecule has 1 aromatic rings. The maximum Gasteiger partial charge on any atom is 0.244 e. The minimum Gasteiger partial charge on any atom is -0.392 e. The number of carbonyl (C=O) groups is 1. The Kier molecular flexibility index (Phi) is 5.46. The first-order chi connectivity index (χ1) is 11.8. The van der Waals surface area contributed by atoms with Gasteiger partial charge in [-0.3, -0.25) is 15.0 Å². The third kappa shape index (κ3) is 4.59. The van der Waals surface area contributed by atoms with Crippen molar-refractivity contribution in [1.29, 1.82) is 0 Å². The van der Waals surface area contributed by atoms with Crippen LogP contribution in [0.4, 0.5) is 5.88 Å². The number of aromatic nitrogens is 1. The summed E-state index contributed by atoms with van der Waals surface area (Å²) in [4.78, 5) is 14.8. The molecule has 2 aliphatic heterocycles. The van der Waals surface area contributed by atoms with E-state index in [0.29, 0.717) is 24.8 Å². The predicted octanol–water partition coefficient (Wildman–Crippen LogP) is 1.77. The second-order valence-electron chi connectivity index (χ2n) is 8.23. The number of amides is 1. The Labute approximate surface area is 148 Å². The molecule has 2 aliphatic rings. The normalized spacial score (nSPS) is 26.1. The van der Waals surface area contributed by atoms with Crippen molar-refractivity contribution in [2.75, 3.05) is 31.6 Å². The van der Waals surface area contributed by atoms with Crippen LogP contribution in [-0.2, 0) is 14.9 Å². The van der Waals surface area contributed by atoms with Crippen molar-refractivity contribution in [2.45, 2.75) is 57.6 Å². The molecular weight excluding hydrogens is 322 g/mol. The monoisotopic (exact) mass is 351 g/mol. The summed E-state index contributed by atoms with van der Waals surface area (Å²) in [6.07, 6.45) is 2.01. The molecule has 7 heteroatoms. The van der Waals surface area contributed by atoms with Crippen LogP contribution in [0.5, 0.6) is 0 Å². The molecule has 1 amide bonds. The Morgan fingerprint density at radius 2 is 2.12 bits per heavy atom. The maximum absolute atomic E-state index is 12.7. The number of hydrogen-bond donors (Lipinski definition) is 2. The van der Waals surface area contributed by atoms with Gasteiger partial charge in [-0.1, -0.05) is 25.9 Å². The molecular formula is C18H29N3O4. The molecule has 0 spiro atoms. The second kappa shape index (κ2) is 7.43. The quantitative estimate of drug-likeness (QED) is 0.860. The van der Waals surface area contributed by atoms with Crippen LogP contribution in [0.25, 0.3) is 0 Å². The molecule has 2 unspecified atom stereocenters. The fourth-order valence-electron chi connectivity index (χ4n) is 3.51. The topological polar surface area (TPSA) is 87.8 Å². The van der Waals surface area contributed by atoms with Crippen LogP contribution in [-0.4, -0.2) is 59.5 Å². The van der Waals surface area contributed by atoms with Crippen LogP contribution >= 0.6 is 0 Å². The van der Waals surface area contributed by atoms with Gasteiger partial charge in [0.15, 0.2) is 0 Å². The lowest BCUT2D eigenvalue weighted by Crippen LogP contribution is -2.42. The lowest BCUT2D eigenvalue weighted by atomic mass is 9.92. The maximum atomic E-state index is 12.7. The van der Waals surface area contributed by atoms with Gasteiger partial charge < -0.3 is 14.4 Å². The van der Waals surface area contributed by atoms with E-state index < -0.39 is 6.10 Å². The summed E-state index contributed by atoms with van der Waals surface area (Å²) < 4.78 is 10.7. The number of aliphatic hydroxyl groups excluding tert-OH is 1. The summed E-state index contributed by atoms with van der Waals surface area (Å²) in [5, 5.41) is 16.9. The zero-order chi connectivity index (χ0) is 18.0. The zero-order valence-corrected chi connectivity index (χ0v) is 15.3. The number of aliphatic hydroxyl groups is 1. The zero-order valence-electron chi connectivity index (χ0n) is 15.3. The van der Waals surface area contributed by atoms with E-state index in [2.05, 4.69) is 15.4 Å². The molecule has 2 saturated heterocycles. The molecule has 1 aromatic heterocycles. The van der Waals surface area contributed by atoms with Gasteiger partial charge in [-0.15, -0.1) is 0 Å². The fraction of sp³-hybridized carbons (Fsp3) is 0.778. The number of β-amino-alcohol motifs (C(OH)–C–C–N with tert-alkyl or cyclic N) is 1. The molecule has 7 nitrogen and oxygen atoms in total. The van der Waals surface area contributed by atoms with Crippen molar-refractivity contribution in [2.24, 2.45) is 5.92 Å². The summed E-state index contributed by atoms with van der Waals surface area (Å²) in [6.45, 7) is 9.05. The van der Waals surface area contributed by atoms with Crippen LogP contribution < -0.4 is 5.32 Å². The van der Waals surface area contributed by atoms with Crippen molar-refractivity contribution in [3.8, 4) is 0 Å². The molecule has 0 aromatic carbocycles. The SMILES string of the molecule is CC(C)(C)c1cc(NC(=O)C2CC(O)CN2CC2CCOCC2)on1. The molecule has 3 heterocycles. The summed E-state index contributed by atoms with van der Waals surface area (Å²) >= 11 is 0. The van der Waals surface area contributed by atoms with Crippen LogP contribution in [0.2, 0.25) is 0 Å². The molecule has 25 heavy (non-hydrogen) atoms. The Morgan fingerprint density at radius 3 is 2.76 bits per heavy atom. The van der Waals surface area contributed by atoms with Crippen molar-refractivity contribution in [3.63, 3.8) is 0 Å². The van der Waals surface area contributed by atoms with Gasteiger partial charge in [0, 0.05) is 37.8 Å². The highest BCUT2D eigenvalue weighted by atomic mass is 16.5. The first-order valence-electron chi connectivity index (χ1n) is 9.11. The van der Waals surface area contributed by atoms with E-state index in [1.807, 2.05) is 20.8 Å². The molecule has 2 N–H and O–H groups in total. The lowest BCUT2D eigenvalue weighted by molar-refractivity contribution is -0.120. The van der Waals surface area contributed by atoms with Gasteiger partial charge in [-0.2, -0.15) is 0 Å². The van der Waals surface area contributed by atoms with Gasteiger partial charge >= 0.3 is 0 Å². The highest BCUT2D eigenvalue weighted by molar-refractivity contribution is 5.94. The largest absolute Gasteiger partial charge is 0.392 e. The molecule has 2 fully saturated rings. The summed E-state index contributed by atoms with van der Waals surface area (Å²) in [7, 11) is 0. The number of nitrogens with one attached hydrogen (secondary N) is 1. The summed E-state index contributed by atoms with van der Waals surface area (Å²) in [5.74, 6) is 0.745. The molecule has 0 bridgehead atoms. The first kappa shape index (κ1) is 18.4. The Hall–Kier alpha value is -1.44. The van der Waals surface area contributed by atoms with Gasteiger partial charge in [0.05, 0.1) is 17.8 Å². The fourth-order valence-corrected chi connectivity index (χ4v) is 3.51. The summed E-state index contributed by atoms with van der Waals surface area (Å²) in [6, 6.07) is 1.44. The molecule has 0 saturated carbocycles. The molecule has 2 atom stereocenters. The van der Waals surface area contributed by atoms with Gasteiger partial charge in [0.25, 0.3) is 0 Å². The van der Waals surface area contributed by atoms with Gasteiger partial charge in [0.1, 0.15) is 0 Å². The third-order valence-electron chi connectivity index (χ3n) is 5.04. The third-order valence-corrected chi connectivity index (χ3v) is 5.04. The number of nitrogens with zero attached hydrogens (tertiary/aromatic N) is 2. The second-order valence-corrected chi connectivity index (χ2v) is 8.23. The van der Waals surface area contributed by atoms with Gasteiger partial charge in [0.2, 0.25) is 11.8 Å². The Morgan fingerprint density at radius 1 is 1.40 bits per heavy atom. The number of hydrogen-bond acceptors (Lipinski definition) is 6. The highest BCUT2D eigenvalue weighted by Crippen LogP contribution is 2.26. The number of anilines is 1. The standard InChI is InChI=1S/C18H29N3O4/c1-18(2,3)15-9-16(25-20-15)19-17(23)14-8-13(22)11-21(14)10-12-4-6-24-7-5-12/h9,12-14,22H,4-8,10-11H2,1-3H3,(H,19,23). The minimum absolute atomic E-state index is 0.134. The Balaban J connectivity index is 1.61. The predicted molar refractivity (Wildman–Crippen MR) is 93.4 cm³/mol. The van der Waals surface area contributed by atoms with E-state index in [0.717, 1.165) is 38.3 Å². The van der Waals surface area contributed by atoms with E-state index in [1.165, 1.54) is 0 Å². The Bertz CT molecular complexity index is 589. The minimum atomic E-state index is -0.463. The van der Waals surface area contributed by atoms with Crippen molar-refractivity contribution in [1.82, 2.24) is 10.1 Å². The first-order valence-corrected chi connectivity index (χ1v) is 9.11. The van der Waals surface area contributed by atoms with Crippen LogP contribution in [0.15, 0.2) is 10.6 Å². The van der Waals surface area contributed by atoms with E-state index in [1.54, 1.807) is 6.07 Å². The van der Waals surface area contributed by atoms with Crippen molar-refractivity contribution in [3.05, 3.63) is 11.8 Å². The molecule has 3 rings (SSSR count). The number of rotatable bonds is 4. The highest BCUT2D eigenvalue weighted by Gasteiger charge is 2.37. The van der Waals surface area contributed by atoms with E-state index in [4.69, 9.17) is 9.26 Å². The van der Waals surface area contributed by atoms with Crippen molar-refractivity contribution < 1.29 is 19.2 Å². The summed E-state index contributed by atoms with van der Waals surface area (Å²) in [5.41, 5.74) is 0.666. The van der Waals surface area contributed by atoms with Crippen LogP contribution in [0.3, 0.4) is 0 Å². The van der Waals surface area contributed by atoms with Gasteiger partial charge in [-0.25, -0.2) is 0 Å². The molecule has 140 valence electrons. The van der Waals surface area contributed by atoms with Crippen LogP contribution in [0, 0.1) is 5.92 Å². The number of ether oxygens (including phenoxy) is 1. The number of likely N-dealkylation sites (tertiary alicyclic amines) is 1. The van der Waals surface area contributed by atoms with Crippen molar-refractivity contribution >= 4 is 11.8 Å². The average Bonchev–Trinajstić information content (AvgIpc) is 3.15. The van der Waals surface area contributed by atoms with E-state index in [9.17, 15) is 9.90 Å². The van der Waals surface area contributed by atoms with Crippen LogP contribution in [0.1, 0.15) is 45.7 Å². The molecule has 0 aliphatic carbocycles. The number of carbonyl (C=O) groups excluding carboxylic acids is 1. The van der Waals surface area contributed by atoms with Gasteiger partial charge in [-0.05, 0) is 25.2 Å². The van der Waals surface area contributed by atoms with E-state index in [-0.39, 0.29) is 17.4 Å². The van der Waals surface area contributed by atoms with E-state index >= 15 is 0 Å².